The summed E-state index contributed by atoms with van der Waals surface area (Å²) in [6.45, 7) is 2.94. The van der Waals surface area contributed by atoms with E-state index in [1.807, 2.05) is 6.92 Å². The van der Waals surface area contributed by atoms with Crippen LogP contribution in [0, 0.1) is 0 Å². The second kappa shape index (κ2) is 3.88. The smallest absolute Gasteiger partial charge is 0.237 e. The molecule has 0 aliphatic carbocycles. The van der Waals surface area contributed by atoms with Gasteiger partial charge in [-0.05, 0) is 18.6 Å². The molecule has 6 heteroatoms. The summed E-state index contributed by atoms with van der Waals surface area (Å²) in [5, 5.41) is 7.70. The first-order valence-corrected chi connectivity index (χ1v) is 4.62. The van der Waals surface area contributed by atoms with Gasteiger partial charge < -0.3 is 0 Å². The number of halogens is 2. The molecule has 0 amide bonds. The molecule has 2 heterocycles. The molecule has 16 heavy (non-hydrogen) atoms. The fourth-order valence-corrected chi connectivity index (χ4v) is 1.25. The topological polar surface area (TPSA) is 35.6 Å². The molecule has 0 fully saturated rings. The van der Waals surface area contributed by atoms with E-state index in [0.717, 1.165) is 11.3 Å². The van der Waals surface area contributed by atoms with Crippen molar-refractivity contribution in [2.24, 2.45) is 0 Å². The first-order chi connectivity index (χ1) is 7.58. The highest BCUT2D eigenvalue weighted by atomic mass is 19.3. The lowest BCUT2D eigenvalue weighted by Gasteiger charge is -1.97. The highest BCUT2D eigenvalue weighted by molar-refractivity contribution is 5.57. The maximum absolute atomic E-state index is 12.3. The van der Waals surface area contributed by atoms with Crippen molar-refractivity contribution in [3.8, 4) is 5.69 Å². The third-order valence-electron chi connectivity index (χ3n) is 2.08. The Bertz CT molecular complexity index is 512. The van der Waals surface area contributed by atoms with Gasteiger partial charge in [0.2, 0.25) is 0 Å². The Kier molecular flexibility index (Phi) is 2.55. The van der Waals surface area contributed by atoms with Crippen LogP contribution in [0.25, 0.3) is 11.3 Å². The molecule has 0 saturated heterocycles. The van der Waals surface area contributed by atoms with Crippen LogP contribution in [-0.2, 0) is 0 Å². The van der Waals surface area contributed by atoms with Crippen molar-refractivity contribution in [1.82, 2.24) is 19.6 Å². The minimum atomic E-state index is -2.63. The van der Waals surface area contributed by atoms with Crippen LogP contribution in [0.4, 0.5) is 8.78 Å². The Morgan fingerprint density at radius 3 is 2.75 bits per heavy atom. The molecule has 0 atom stereocenters. The highest BCUT2D eigenvalue weighted by Gasteiger charge is 2.09. The number of hydrogen-bond acceptors (Lipinski definition) is 2. The van der Waals surface area contributed by atoms with E-state index in [-0.39, 0.29) is 0 Å². The number of aromatic nitrogens is 4. The van der Waals surface area contributed by atoms with Gasteiger partial charge in [-0.15, -0.1) is 0 Å². The summed E-state index contributed by atoms with van der Waals surface area (Å²) in [5.41, 5.74) is 2.04. The molecule has 0 saturated carbocycles. The maximum atomic E-state index is 12.3. The Morgan fingerprint density at radius 1 is 1.50 bits per heavy atom. The lowest BCUT2D eigenvalue weighted by molar-refractivity contribution is 0.0566. The van der Waals surface area contributed by atoms with E-state index in [4.69, 9.17) is 0 Å². The van der Waals surface area contributed by atoms with E-state index in [2.05, 4.69) is 16.8 Å². The lowest BCUT2D eigenvalue weighted by atomic mass is 10.3. The zero-order valence-electron chi connectivity index (χ0n) is 8.64. The van der Waals surface area contributed by atoms with Crippen LogP contribution in [0.3, 0.4) is 0 Å². The van der Waals surface area contributed by atoms with Gasteiger partial charge >= 0.3 is 6.55 Å². The zero-order chi connectivity index (χ0) is 11.7. The number of rotatable bonds is 3. The van der Waals surface area contributed by atoms with E-state index in [9.17, 15) is 8.78 Å². The number of nitrogens with zero attached hydrogens (tertiary/aromatic N) is 4. The predicted molar refractivity (Wildman–Crippen MR) is 55.3 cm³/mol. The normalized spacial score (nSPS) is 11.0. The van der Waals surface area contributed by atoms with E-state index < -0.39 is 6.55 Å². The molecule has 2 aromatic rings. The van der Waals surface area contributed by atoms with Gasteiger partial charge in [0.15, 0.2) is 0 Å². The Morgan fingerprint density at radius 2 is 2.25 bits per heavy atom. The molecule has 4 nitrogen and oxygen atoms in total. The molecule has 84 valence electrons. The summed E-state index contributed by atoms with van der Waals surface area (Å²) in [7, 11) is 0. The summed E-state index contributed by atoms with van der Waals surface area (Å²) in [5.74, 6) is 0. The van der Waals surface area contributed by atoms with Crippen LogP contribution < -0.4 is 0 Å². The van der Waals surface area contributed by atoms with Gasteiger partial charge in [0.1, 0.15) is 5.69 Å². The third-order valence-corrected chi connectivity index (χ3v) is 2.08. The van der Waals surface area contributed by atoms with Crippen LogP contribution in [0.2, 0.25) is 0 Å². The summed E-state index contributed by atoms with van der Waals surface area (Å²) < 4.78 is 26.6. The van der Waals surface area contributed by atoms with Gasteiger partial charge in [-0.25, -0.2) is 9.36 Å². The number of allylic oxidation sites excluding steroid dienone is 1. The average Bonchev–Trinajstić information content (AvgIpc) is 2.86. The fraction of sp³-hybridized carbons (Fsp3) is 0.200. The monoisotopic (exact) mass is 224 g/mol. The number of alkyl halides is 2. The van der Waals surface area contributed by atoms with Gasteiger partial charge in [0.25, 0.3) is 0 Å². The summed E-state index contributed by atoms with van der Waals surface area (Å²) in [6.07, 6.45) is 4.25. The molecular formula is C10H10F2N4. The van der Waals surface area contributed by atoms with Gasteiger partial charge in [0, 0.05) is 6.20 Å². The molecule has 0 radical (unpaired) electrons. The second-order valence-electron chi connectivity index (χ2n) is 3.38. The molecule has 0 bridgehead atoms. The van der Waals surface area contributed by atoms with Crippen LogP contribution in [-0.4, -0.2) is 19.6 Å². The molecule has 0 aromatic carbocycles. The van der Waals surface area contributed by atoms with E-state index in [1.165, 1.54) is 17.1 Å². The minimum Gasteiger partial charge on any atom is -0.237 e. The summed E-state index contributed by atoms with van der Waals surface area (Å²) in [4.78, 5) is 0. The second-order valence-corrected chi connectivity index (χ2v) is 3.38. The lowest BCUT2D eigenvalue weighted by Crippen LogP contribution is -1.98. The van der Waals surface area contributed by atoms with Crippen molar-refractivity contribution < 1.29 is 8.78 Å². The minimum absolute atomic E-state index is 0.493. The SMILES string of the molecule is C=C(C)c1ccn(-c2cnn(C(F)F)c2)n1. The first kappa shape index (κ1) is 10.5. The van der Waals surface area contributed by atoms with Crippen molar-refractivity contribution >= 4 is 5.57 Å². The molecule has 2 aromatic heterocycles. The van der Waals surface area contributed by atoms with Crippen molar-refractivity contribution in [2.45, 2.75) is 13.5 Å². The molecule has 0 N–H and O–H groups in total. The fourth-order valence-electron chi connectivity index (χ4n) is 1.25. The van der Waals surface area contributed by atoms with E-state index >= 15 is 0 Å². The van der Waals surface area contributed by atoms with E-state index in [1.54, 1.807) is 12.3 Å². The molecule has 0 aliphatic heterocycles. The van der Waals surface area contributed by atoms with Crippen molar-refractivity contribution in [3.63, 3.8) is 0 Å². The molecule has 0 unspecified atom stereocenters. The largest absolute Gasteiger partial charge is 0.333 e. The van der Waals surface area contributed by atoms with Crippen LogP contribution >= 0.6 is 0 Å². The standard InChI is InChI=1S/C10H10F2N4/c1-7(2)9-3-4-15(14-9)8-5-13-16(6-8)10(11)12/h3-6,10H,1H2,2H3. The van der Waals surface area contributed by atoms with Crippen molar-refractivity contribution in [1.29, 1.82) is 0 Å². The summed E-state index contributed by atoms with van der Waals surface area (Å²) >= 11 is 0. The van der Waals surface area contributed by atoms with Gasteiger partial charge in [-0.1, -0.05) is 6.58 Å². The van der Waals surface area contributed by atoms with E-state index in [0.29, 0.717) is 10.4 Å². The van der Waals surface area contributed by atoms with Gasteiger partial charge in [-0.2, -0.15) is 19.0 Å². The Balaban J connectivity index is 2.31. The molecule has 2 rings (SSSR count). The van der Waals surface area contributed by atoms with Gasteiger partial charge in [-0.3, -0.25) is 0 Å². The molecular weight excluding hydrogens is 214 g/mol. The van der Waals surface area contributed by atoms with Crippen molar-refractivity contribution in [2.75, 3.05) is 0 Å². The zero-order valence-corrected chi connectivity index (χ0v) is 8.64. The summed E-state index contributed by atoms with van der Waals surface area (Å²) in [6, 6.07) is 1.77. The molecule has 0 aliphatic rings. The Hall–Kier alpha value is -1.98. The molecule has 0 spiro atoms. The Labute approximate surface area is 90.8 Å². The average molecular weight is 224 g/mol. The predicted octanol–water partition coefficient (Wildman–Crippen LogP) is 2.50. The van der Waals surface area contributed by atoms with Gasteiger partial charge in [0.05, 0.1) is 18.1 Å². The highest BCUT2D eigenvalue weighted by Crippen LogP contribution is 2.14. The number of hydrogen-bond donors (Lipinski definition) is 0. The maximum Gasteiger partial charge on any atom is 0.333 e. The van der Waals surface area contributed by atoms with Crippen LogP contribution in [0.1, 0.15) is 19.2 Å². The van der Waals surface area contributed by atoms with Crippen LogP contribution in [0.5, 0.6) is 0 Å². The quantitative estimate of drug-likeness (QED) is 0.802. The van der Waals surface area contributed by atoms with Crippen molar-refractivity contribution in [3.05, 3.63) is 36.9 Å². The third kappa shape index (κ3) is 1.86. The van der Waals surface area contributed by atoms with Crippen LogP contribution in [0.15, 0.2) is 31.2 Å². The first-order valence-electron chi connectivity index (χ1n) is 4.62.